The fourth-order valence-corrected chi connectivity index (χ4v) is 1.94. The molecule has 82 valence electrons. The van der Waals surface area contributed by atoms with Gasteiger partial charge in [-0.15, -0.1) is 0 Å². The van der Waals surface area contributed by atoms with Gasteiger partial charge in [0.1, 0.15) is 0 Å². The zero-order chi connectivity index (χ0) is 10.7. The molecule has 1 fully saturated rings. The van der Waals surface area contributed by atoms with Gasteiger partial charge in [-0.3, -0.25) is 0 Å². The molecule has 2 nitrogen and oxygen atoms in total. The summed E-state index contributed by atoms with van der Waals surface area (Å²) in [6.45, 7) is 7.01. The van der Waals surface area contributed by atoms with E-state index in [-0.39, 0.29) is 5.54 Å². The molecule has 0 aliphatic carbocycles. The minimum atomic E-state index is 0.170. The summed E-state index contributed by atoms with van der Waals surface area (Å²) in [6.07, 6.45) is 1.11. The second kappa shape index (κ2) is 4.33. The first-order valence-electron chi connectivity index (χ1n) is 5.56. The van der Waals surface area contributed by atoms with E-state index < -0.39 is 0 Å². The van der Waals surface area contributed by atoms with Crippen LogP contribution in [-0.4, -0.2) is 18.8 Å². The zero-order valence-corrected chi connectivity index (χ0v) is 9.55. The highest BCUT2D eigenvalue weighted by Gasteiger charge is 2.28. The number of benzene rings is 1. The van der Waals surface area contributed by atoms with Crippen molar-refractivity contribution >= 4 is 0 Å². The van der Waals surface area contributed by atoms with Crippen molar-refractivity contribution in [2.45, 2.75) is 32.4 Å². The Kier molecular flexibility index (Phi) is 3.08. The minimum absolute atomic E-state index is 0.170. The highest BCUT2D eigenvalue weighted by molar-refractivity contribution is 5.22. The number of hydrogen-bond acceptors (Lipinski definition) is 2. The third kappa shape index (κ3) is 2.80. The van der Waals surface area contributed by atoms with Crippen molar-refractivity contribution in [1.29, 1.82) is 0 Å². The van der Waals surface area contributed by atoms with Gasteiger partial charge >= 0.3 is 0 Å². The minimum Gasteiger partial charge on any atom is -0.379 e. The second-order valence-corrected chi connectivity index (χ2v) is 4.71. The van der Waals surface area contributed by atoms with Crippen LogP contribution in [0.1, 0.15) is 24.5 Å². The van der Waals surface area contributed by atoms with Gasteiger partial charge < -0.3 is 10.1 Å². The molecule has 0 radical (unpaired) electrons. The van der Waals surface area contributed by atoms with Crippen LogP contribution in [0.15, 0.2) is 24.3 Å². The third-order valence-corrected chi connectivity index (χ3v) is 3.02. The van der Waals surface area contributed by atoms with Crippen LogP contribution < -0.4 is 5.32 Å². The Bertz CT molecular complexity index is 329. The standard InChI is InChI=1S/C13H19NO/c1-11-4-3-5-12(8-11)9-14-13(2)6-7-15-10-13/h3-5,8,14H,6-7,9-10H2,1-2H3. The molecule has 1 saturated heterocycles. The van der Waals surface area contributed by atoms with Crippen LogP contribution in [0.3, 0.4) is 0 Å². The molecule has 0 amide bonds. The maximum atomic E-state index is 5.41. The Morgan fingerprint density at radius 3 is 3.00 bits per heavy atom. The SMILES string of the molecule is Cc1cccc(CNC2(C)CCOC2)c1. The second-order valence-electron chi connectivity index (χ2n) is 4.71. The fraction of sp³-hybridized carbons (Fsp3) is 0.538. The molecule has 1 aromatic carbocycles. The van der Waals surface area contributed by atoms with Crippen LogP contribution in [0.5, 0.6) is 0 Å². The first-order chi connectivity index (χ1) is 7.18. The molecule has 2 rings (SSSR count). The number of ether oxygens (including phenoxy) is 1. The van der Waals surface area contributed by atoms with Crippen LogP contribution in [-0.2, 0) is 11.3 Å². The van der Waals surface area contributed by atoms with Gasteiger partial charge in [0.15, 0.2) is 0 Å². The van der Waals surface area contributed by atoms with Crippen molar-refractivity contribution in [2.75, 3.05) is 13.2 Å². The summed E-state index contributed by atoms with van der Waals surface area (Å²) in [4.78, 5) is 0. The number of nitrogens with one attached hydrogen (secondary N) is 1. The summed E-state index contributed by atoms with van der Waals surface area (Å²) in [7, 11) is 0. The van der Waals surface area contributed by atoms with E-state index in [2.05, 4.69) is 43.4 Å². The lowest BCUT2D eigenvalue weighted by molar-refractivity contribution is 0.171. The van der Waals surface area contributed by atoms with E-state index in [4.69, 9.17) is 4.74 Å². The summed E-state index contributed by atoms with van der Waals surface area (Å²) in [5, 5.41) is 3.58. The smallest absolute Gasteiger partial charge is 0.0646 e. The molecule has 0 spiro atoms. The predicted octanol–water partition coefficient (Wildman–Crippen LogP) is 2.26. The summed E-state index contributed by atoms with van der Waals surface area (Å²) in [6, 6.07) is 8.63. The van der Waals surface area contributed by atoms with Gasteiger partial charge in [-0.05, 0) is 25.8 Å². The Labute approximate surface area is 91.6 Å². The molecule has 0 aromatic heterocycles. The molecule has 1 aliphatic rings. The summed E-state index contributed by atoms with van der Waals surface area (Å²) < 4.78 is 5.41. The Balaban J connectivity index is 1.92. The molecule has 1 heterocycles. The van der Waals surface area contributed by atoms with Crippen molar-refractivity contribution in [1.82, 2.24) is 5.32 Å². The van der Waals surface area contributed by atoms with Crippen LogP contribution in [0, 0.1) is 6.92 Å². The van der Waals surface area contributed by atoms with Gasteiger partial charge in [-0.25, -0.2) is 0 Å². The number of aryl methyl sites for hydroxylation is 1. The highest BCUT2D eigenvalue weighted by atomic mass is 16.5. The van der Waals surface area contributed by atoms with Gasteiger partial charge in [0, 0.05) is 18.7 Å². The molecule has 1 aromatic rings. The summed E-state index contributed by atoms with van der Waals surface area (Å²) >= 11 is 0. The largest absolute Gasteiger partial charge is 0.379 e. The van der Waals surface area contributed by atoms with E-state index in [0.717, 1.165) is 26.2 Å². The lowest BCUT2D eigenvalue weighted by Crippen LogP contribution is -2.42. The van der Waals surface area contributed by atoms with E-state index >= 15 is 0 Å². The summed E-state index contributed by atoms with van der Waals surface area (Å²) in [5.74, 6) is 0. The quantitative estimate of drug-likeness (QED) is 0.817. The average molecular weight is 205 g/mol. The predicted molar refractivity (Wildman–Crippen MR) is 61.9 cm³/mol. The molecule has 1 atom stereocenters. The molecular weight excluding hydrogens is 186 g/mol. The fourth-order valence-electron chi connectivity index (χ4n) is 1.94. The van der Waals surface area contributed by atoms with Crippen LogP contribution in [0.4, 0.5) is 0 Å². The Morgan fingerprint density at radius 1 is 1.47 bits per heavy atom. The molecule has 1 unspecified atom stereocenters. The molecule has 0 saturated carbocycles. The maximum Gasteiger partial charge on any atom is 0.0646 e. The molecule has 1 aliphatic heterocycles. The lowest BCUT2D eigenvalue weighted by Gasteiger charge is -2.23. The normalized spacial score (nSPS) is 25.7. The van der Waals surface area contributed by atoms with Crippen LogP contribution in [0.25, 0.3) is 0 Å². The maximum absolute atomic E-state index is 5.41. The van der Waals surface area contributed by atoms with Crippen LogP contribution in [0.2, 0.25) is 0 Å². The Morgan fingerprint density at radius 2 is 2.33 bits per heavy atom. The van der Waals surface area contributed by atoms with E-state index in [1.807, 2.05) is 0 Å². The monoisotopic (exact) mass is 205 g/mol. The lowest BCUT2D eigenvalue weighted by atomic mass is 10.0. The molecule has 0 bridgehead atoms. The van der Waals surface area contributed by atoms with Gasteiger partial charge in [-0.2, -0.15) is 0 Å². The van der Waals surface area contributed by atoms with Crippen molar-refractivity contribution in [3.05, 3.63) is 35.4 Å². The van der Waals surface area contributed by atoms with E-state index in [9.17, 15) is 0 Å². The van der Waals surface area contributed by atoms with E-state index in [1.165, 1.54) is 11.1 Å². The van der Waals surface area contributed by atoms with Crippen molar-refractivity contribution in [2.24, 2.45) is 0 Å². The molecular formula is C13H19NO. The topological polar surface area (TPSA) is 21.3 Å². The number of hydrogen-bond donors (Lipinski definition) is 1. The first kappa shape index (κ1) is 10.7. The van der Waals surface area contributed by atoms with Crippen molar-refractivity contribution in [3.63, 3.8) is 0 Å². The number of rotatable bonds is 3. The van der Waals surface area contributed by atoms with Gasteiger partial charge in [0.2, 0.25) is 0 Å². The molecule has 15 heavy (non-hydrogen) atoms. The molecule has 1 N–H and O–H groups in total. The van der Waals surface area contributed by atoms with Gasteiger partial charge in [-0.1, -0.05) is 29.8 Å². The van der Waals surface area contributed by atoms with Crippen LogP contribution >= 0.6 is 0 Å². The van der Waals surface area contributed by atoms with Gasteiger partial charge in [0.25, 0.3) is 0 Å². The van der Waals surface area contributed by atoms with E-state index in [1.54, 1.807) is 0 Å². The Hall–Kier alpha value is -0.860. The average Bonchev–Trinajstić information content (AvgIpc) is 2.63. The third-order valence-electron chi connectivity index (χ3n) is 3.02. The molecule has 2 heteroatoms. The van der Waals surface area contributed by atoms with Crippen molar-refractivity contribution in [3.8, 4) is 0 Å². The van der Waals surface area contributed by atoms with Gasteiger partial charge in [0.05, 0.1) is 6.61 Å². The summed E-state index contributed by atoms with van der Waals surface area (Å²) in [5.41, 5.74) is 2.84. The van der Waals surface area contributed by atoms with Crippen molar-refractivity contribution < 1.29 is 4.74 Å². The zero-order valence-electron chi connectivity index (χ0n) is 9.55. The highest BCUT2D eigenvalue weighted by Crippen LogP contribution is 2.18. The first-order valence-corrected chi connectivity index (χ1v) is 5.56. The van der Waals surface area contributed by atoms with E-state index in [0.29, 0.717) is 0 Å².